The second-order valence-corrected chi connectivity index (χ2v) is 3.24. The van der Waals surface area contributed by atoms with Crippen LogP contribution in [0.1, 0.15) is 18.6 Å². The molecule has 0 spiro atoms. The fourth-order valence-corrected chi connectivity index (χ4v) is 1.19. The largest absolute Gasteiger partial charge is 0.497 e. The maximum absolute atomic E-state index is 10.5. The first kappa shape index (κ1) is 11.5. The van der Waals surface area contributed by atoms with Crippen LogP contribution < -0.4 is 4.74 Å². The number of aliphatic hydroxyl groups is 1. The first-order valence-corrected chi connectivity index (χ1v) is 4.51. The fraction of sp³-hybridized carbons (Fsp3) is 0.400. The van der Waals surface area contributed by atoms with E-state index in [0.29, 0.717) is 11.3 Å². The van der Waals surface area contributed by atoms with Crippen LogP contribution in [0.25, 0.3) is 0 Å². The second kappa shape index (κ2) is 4.75. The summed E-state index contributed by atoms with van der Waals surface area (Å²) in [7, 11) is 1.53. The van der Waals surface area contributed by atoms with Crippen molar-refractivity contribution in [1.82, 2.24) is 0 Å². The molecule has 2 atom stereocenters. The lowest BCUT2D eigenvalue weighted by Crippen LogP contribution is -2.23. The lowest BCUT2D eigenvalue weighted by molar-refractivity contribution is -0.531. The monoisotopic (exact) mass is 211 g/mol. The summed E-state index contributed by atoms with van der Waals surface area (Å²) < 4.78 is 4.94. The average Bonchev–Trinajstić information content (AvgIpc) is 2.27. The first-order chi connectivity index (χ1) is 7.06. The Labute approximate surface area is 87.5 Å². The predicted octanol–water partition coefficient (Wildman–Crippen LogP) is 1.39. The number of nitro groups is 1. The molecular weight excluding hydrogens is 198 g/mol. The number of aliphatic hydroxyl groups excluding tert-OH is 1. The minimum absolute atomic E-state index is 0.505. The van der Waals surface area contributed by atoms with Gasteiger partial charge in [0.1, 0.15) is 11.9 Å². The van der Waals surface area contributed by atoms with Crippen molar-refractivity contribution in [2.75, 3.05) is 7.11 Å². The SMILES string of the molecule is COc1ccc(C(O)C(C)[N+](=O)[O-])cc1. The Bertz CT molecular complexity index is 336. The number of rotatable bonds is 4. The van der Waals surface area contributed by atoms with Crippen molar-refractivity contribution >= 4 is 0 Å². The van der Waals surface area contributed by atoms with Crippen LogP contribution >= 0.6 is 0 Å². The van der Waals surface area contributed by atoms with Crippen LogP contribution in [0.2, 0.25) is 0 Å². The summed E-state index contributed by atoms with van der Waals surface area (Å²) in [5.74, 6) is 0.653. The van der Waals surface area contributed by atoms with Crippen molar-refractivity contribution in [3.8, 4) is 5.75 Å². The molecule has 5 nitrogen and oxygen atoms in total. The highest BCUT2D eigenvalue weighted by molar-refractivity contribution is 5.28. The van der Waals surface area contributed by atoms with Crippen LogP contribution in [-0.4, -0.2) is 23.2 Å². The molecule has 0 aliphatic carbocycles. The number of benzene rings is 1. The molecule has 1 aromatic carbocycles. The van der Waals surface area contributed by atoms with E-state index in [9.17, 15) is 15.2 Å². The van der Waals surface area contributed by atoms with Crippen LogP contribution in [0.5, 0.6) is 5.75 Å². The van der Waals surface area contributed by atoms with Crippen molar-refractivity contribution in [2.24, 2.45) is 0 Å². The Kier molecular flexibility index (Phi) is 3.62. The lowest BCUT2D eigenvalue weighted by Gasteiger charge is -2.12. The van der Waals surface area contributed by atoms with Gasteiger partial charge in [-0.1, -0.05) is 12.1 Å². The van der Waals surface area contributed by atoms with E-state index in [1.165, 1.54) is 14.0 Å². The molecule has 0 saturated carbocycles. The molecule has 2 unspecified atom stereocenters. The Balaban J connectivity index is 2.82. The first-order valence-electron chi connectivity index (χ1n) is 4.51. The van der Waals surface area contributed by atoms with E-state index < -0.39 is 17.1 Å². The molecular formula is C10H13NO4. The van der Waals surface area contributed by atoms with Gasteiger partial charge in [-0.05, 0) is 17.7 Å². The maximum Gasteiger partial charge on any atom is 0.239 e. The standard InChI is InChI=1S/C10H13NO4/c1-7(11(13)14)10(12)8-3-5-9(15-2)6-4-8/h3-7,10,12H,1-2H3. The van der Waals surface area contributed by atoms with Crippen molar-refractivity contribution in [2.45, 2.75) is 19.1 Å². The molecule has 0 radical (unpaired) electrons. The van der Waals surface area contributed by atoms with E-state index in [4.69, 9.17) is 4.74 Å². The number of ether oxygens (including phenoxy) is 1. The van der Waals surface area contributed by atoms with E-state index in [1.54, 1.807) is 24.3 Å². The molecule has 15 heavy (non-hydrogen) atoms. The molecule has 1 N–H and O–H groups in total. The van der Waals surface area contributed by atoms with Gasteiger partial charge in [0.2, 0.25) is 6.04 Å². The molecule has 0 aliphatic rings. The molecule has 1 rings (SSSR count). The summed E-state index contributed by atoms with van der Waals surface area (Å²) in [5.41, 5.74) is 0.514. The molecule has 0 heterocycles. The lowest BCUT2D eigenvalue weighted by atomic mass is 10.0. The highest BCUT2D eigenvalue weighted by Gasteiger charge is 2.25. The van der Waals surface area contributed by atoms with Crippen molar-refractivity contribution in [3.05, 3.63) is 39.9 Å². The van der Waals surface area contributed by atoms with Gasteiger partial charge in [0.25, 0.3) is 0 Å². The van der Waals surface area contributed by atoms with E-state index in [2.05, 4.69) is 0 Å². The highest BCUT2D eigenvalue weighted by atomic mass is 16.6. The Hall–Kier alpha value is -1.62. The number of hydrogen-bond donors (Lipinski definition) is 1. The zero-order valence-corrected chi connectivity index (χ0v) is 8.58. The molecule has 0 fully saturated rings. The van der Waals surface area contributed by atoms with Gasteiger partial charge >= 0.3 is 0 Å². The van der Waals surface area contributed by atoms with Crippen molar-refractivity contribution in [3.63, 3.8) is 0 Å². The van der Waals surface area contributed by atoms with Crippen LogP contribution in [0.4, 0.5) is 0 Å². The van der Waals surface area contributed by atoms with Gasteiger partial charge in [0.15, 0.2) is 0 Å². The topological polar surface area (TPSA) is 72.6 Å². The molecule has 0 bridgehead atoms. The minimum Gasteiger partial charge on any atom is -0.497 e. The number of hydrogen-bond acceptors (Lipinski definition) is 4. The van der Waals surface area contributed by atoms with E-state index >= 15 is 0 Å². The van der Waals surface area contributed by atoms with Gasteiger partial charge in [0.05, 0.1) is 7.11 Å². The molecule has 5 heteroatoms. The zero-order chi connectivity index (χ0) is 11.4. The van der Waals surface area contributed by atoms with Gasteiger partial charge in [-0.25, -0.2) is 0 Å². The summed E-state index contributed by atoms with van der Waals surface area (Å²) in [5, 5.41) is 20.1. The molecule has 0 aliphatic heterocycles. The summed E-state index contributed by atoms with van der Waals surface area (Å²) in [4.78, 5) is 9.95. The predicted molar refractivity (Wildman–Crippen MR) is 54.4 cm³/mol. The van der Waals surface area contributed by atoms with Crippen LogP contribution in [-0.2, 0) is 0 Å². The van der Waals surface area contributed by atoms with Crippen LogP contribution in [0, 0.1) is 10.1 Å². The smallest absolute Gasteiger partial charge is 0.239 e. The number of nitrogens with zero attached hydrogens (tertiary/aromatic N) is 1. The molecule has 0 saturated heterocycles. The molecule has 1 aromatic rings. The average molecular weight is 211 g/mol. The zero-order valence-electron chi connectivity index (χ0n) is 8.58. The third kappa shape index (κ3) is 2.66. The van der Waals surface area contributed by atoms with Gasteiger partial charge in [0, 0.05) is 11.8 Å². The van der Waals surface area contributed by atoms with E-state index in [1.807, 2.05) is 0 Å². The normalized spacial score (nSPS) is 14.3. The van der Waals surface area contributed by atoms with Gasteiger partial charge < -0.3 is 9.84 Å². The molecule has 0 amide bonds. The summed E-state index contributed by atoms with van der Waals surface area (Å²) in [6.45, 7) is 1.37. The van der Waals surface area contributed by atoms with Gasteiger partial charge in [-0.2, -0.15) is 0 Å². The minimum atomic E-state index is -1.09. The third-order valence-corrected chi connectivity index (χ3v) is 2.25. The second-order valence-electron chi connectivity index (χ2n) is 3.24. The van der Waals surface area contributed by atoms with Crippen molar-refractivity contribution < 1.29 is 14.8 Å². The summed E-state index contributed by atoms with van der Waals surface area (Å²) >= 11 is 0. The number of methoxy groups -OCH3 is 1. The molecule has 82 valence electrons. The highest BCUT2D eigenvalue weighted by Crippen LogP contribution is 2.21. The Morgan fingerprint density at radius 3 is 2.33 bits per heavy atom. The Morgan fingerprint density at radius 1 is 1.40 bits per heavy atom. The fourth-order valence-electron chi connectivity index (χ4n) is 1.19. The molecule has 0 aromatic heterocycles. The Morgan fingerprint density at radius 2 is 1.93 bits per heavy atom. The van der Waals surface area contributed by atoms with Gasteiger partial charge in [-0.3, -0.25) is 10.1 Å². The van der Waals surface area contributed by atoms with Crippen LogP contribution in [0.3, 0.4) is 0 Å². The third-order valence-electron chi connectivity index (χ3n) is 2.25. The summed E-state index contributed by atoms with van der Waals surface area (Å²) in [6, 6.07) is 5.53. The van der Waals surface area contributed by atoms with Crippen LogP contribution in [0.15, 0.2) is 24.3 Å². The summed E-state index contributed by atoms with van der Waals surface area (Å²) in [6.07, 6.45) is -1.09. The van der Waals surface area contributed by atoms with E-state index in [0.717, 1.165) is 0 Å². The van der Waals surface area contributed by atoms with Gasteiger partial charge in [-0.15, -0.1) is 0 Å². The van der Waals surface area contributed by atoms with E-state index in [-0.39, 0.29) is 0 Å². The quantitative estimate of drug-likeness (QED) is 0.603. The maximum atomic E-state index is 10.5. The van der Waals surface area contributed by atoms with Crippen molar-refractivity contribution in [1.29, 1.82) is 0 Å².